The van der Waals surface area contributed by atoms with E-state index in [4.69, 9.17) is 10.6 Å². The number of thioether (sulfide) groups is 2. The van der Waals surface area contributed by atoms with Gasteiger partial charge < -0.3 is 25.8 Å². The van der Waals surface area contributed by atoms with Crippen molar-refractivity contribution in [1.29, 1.82) is 0 Å². The minimum atomic E-state index is -1.45. The minimum Gasteiger partial charge on any atom is -0.543 e. The fourth-order valence-electron chi connectivity index (χ4n) is 3.58. The molecule has 3 N–H and O–H groups in total. The van der Waals surface area contributed by atoms with Gasteiger partial charge in [0, 0.05) is 39.9 Å². The highest BCUT2D eigenvalue weighted by atomic mass is 32.2. The van der Waals surface area contributed by atoms with E-state index in [2.05, 4.69) is 26.4 Å². The lowest BCUT2D eigenvalue weighted by atomic mass is 10.0. The van der Waals surface area contributed by atoms with Crippen molar-refractivity contribution in [1.82, 2.24) is 19.6 Å². The summed E-state index contributed by atoms with van der Waals surface area (Å²) in [6, 6.07) is 2.87. The molecule has 2 aliphatic heterocycles. The van der Waals surface area contributed by atoms with Crippen LogP contribution in [-0.2, 0) is 25.8 Å². The maximum absolute atomic E-state index is 13.0. The van der Waals surface area contributed by atoms with E-state index in [9.17, 15) is 19.5 Å². The molecule has 2 aromatic heterocycles. The first-order valence-electron chi connectivity index (χ1n) is 10.5. The molecule has 2 amide bonds. The summed E-state index contributed by atoms with van der Waals surface area (Å²) in [5.74, 6) is -2.49. The van der Waals surface area contributed by atoms with Crippen LogP contribution in [0.4, 0.5) is 5.13 Å². The zero-order chi connectivity index (χ0) is 25.8. The lowest BCUT2D eigenvalue weighted by Crippen LogP contribution is -2.71. The molecule has 1 unspecified atom stereocenters. The van der Waals surface area contributed by atoms with Crippen molar-refractivity contribution in [3.63, 3.8) is 0 Å². The molecule has 2 aromatic rings. The lowest BCUT2D eigenvalue weighted by molar-refractivity contribution is -0.689. The third-order valence-corrected chi connectivity index (χ3v) is 7.84. The summed E-state index contributed by atoms with van der Waals surface area (Å²) < 4.78 is 5.81. The van der Waals surface area contributed by atoms with E-state index in [1.54, 1.807) is 11.8 Å². The number of nitrogens with two attached hydrogens (primary N) is 1. The fraction of sp³-hybridized carbons (Fsp3) is 0.286. The number of oxime groups is 1. The molecule has 0 aliphatic carbocycles. The first-order valence-corrected chi connectivity index (χ1v) is 13.5. The molecule has 188 valence electrons. The molecule has 4 rings (SSSR count). The largest absolute Gasteiger partial charge is 0.543 e. The van der Waals surface area contributed by atoms with Gasteiger partial charge in [-0.05, 0) is 6.26 Å². The van der Waals surface area contributed by atoms with Gasteiger partial charge in [0.05, 0.1) is 11.7 Å². The second-order valence-electron chi connectivity index (χ2n) is 7.49. The van der Waals surface area contributed by atoms with Gasteiger partial charge in [0.15, 0.2) is 24.1 Å². The molecule has 4 heterocycles. The van der Waals surface area contributed by atoms with Crippen LogP contribution in [-0.4, -0.2) is 67.8 Å². The molecule has 1 fully saturated rings. The van der Waals surface area contributed by atoms with E-state index >= 15 is 0 Å². The van der Waals surface area contributed by atoms with Crippen molar-refractivity contribution < 1.29 is 28.9 Å². The second kappa shape index (κ2) is 11.1. The number of carboxylic acids is 1. The van der Waals surface area contributed by atoms with Crippen LogP contribution in [0.25, 0.3) is 0 Å². The van der Waals surface area contributed by atoms with Gasteiger partial charge in [-0.25, -0.2) is 4.57 Å². The molecular formula is C21H21N7O5S3. The molecule has 12 nitrogen and oxygen atoms in total. The first-order chi connectivity index (χ1) is 17.3. The number of carbonyl (C=O) groups is 3. The number of aromatic nitrogens is 3. The Morgan fingerprint density at radius 3 is 2.83 bits per heavy atom. The number of pyridine rings is 1. The standard InChI is InChI=1S/C21H21N7O5S3/c1-3-8-33-25-13(16-24-21(22)36-26-16)17(29)23-14-18(30)28-15(20(31)32)11(10-35-19(14)28)9-27-6-4-12(34-2)5-7-27/h3-7,14,19H,1,8-10H2,2H3,(H3-,22,23,24,26,29,31,32)/t14?,19-/m1/s1. The molecular weight excluding hydrogens is 526 g/mol. The molecule has 0 aromatic carbocycles. The summed E-state index contributed by atoms with van der Waals surface area (Å²) in [5.41, 5.74) is 5.71. The van der Waals surface area contributed by atoms with Gasteiger partial charge in [-0.15, -0.1) is 23.5 Å². The van der Waals surface area contributed by atoms with Crippen LogP contribution in [0.15, 0.2) is 58.5 Å². The van der Waals surface area contributed by atoms with E-state index in [1.165, 1.54) is 17.8 Å². The van der Waals surface area contributed by atoms with Gasteiger partial charge in [0.2, 0.25) is 11.5 Å². The van der Waals surface area contributed by atoms with E-state index in [0.29, 0.717) is 11.3 Å². The van der Waals surface area contributed by atoms with Gasteiger partial charge in [-0.1, -0.05) is 17.8 Å². The van der Waals surface area contributed by atoms with Gasteiger partial charge in [0.1, 0.15) is 18.0 Å². The Labute approximate surface area is 218 Å². The molecule has 15 heteroatoms. The van der Waals surface area contributed by atoms with Crippen molar-refractivity contribution in [2.75, 3.05) is 24.3 Å². The van der Waals surface area contributed by atoms with Crippen molar-refractivity contribution in [3.8, 4) is 0 Å². The fourth-order valence-corrected chi connectivity index (χ4v) is 5.74. The van der Waals surface area contributed by atoms with Crippen LogP contribution in [0.1, 0.15) is 5.82 Å². The highest BCUT2D eigenvalue weighted by molar-refractivity contribution is 8.00. The van der Waals surface area contributed by atoms with E-state index in [1.807, 2.05) is 35.3 Å². The lowest BCUT2D eigenvalue weighted by Gasteiger charge is -2.50. The zero-order valence-corrected chi connectivity index (χ0v) is 21.4. The van der Waals surface area contributed by atoms with Crippen LogP contribution >= 0.6 is 35.1 Å². The normalized spacial score (nSPS) is 19.4. The van der Waals surface area contributed by atoms with Gasteiger partial charge >= 0.3 is 0 Å². The molecule has 0 radical (unpaired) electrons. The van der Waals surface area contributed by atoms with Crippen LogP contribution in [0.2, 0.25) is 0 Å². The Kier molecular flexibility index (Phi) is 7.91. The molecule has 36 heavy (non-hydrogen) atoms. The Morgan fingerprint density at radius 1 is 1.47 bits per heavy atom. The van der Waals surface area contributed by atoms with Crippen molar-refractivity contribution in [2.45, 2.75) is 22.9 Å². The number of nitrogen functional groups attached to an aromatic ring is 1. The Balaban J connectivity index is 1.52. The number of nitrogens with zero attached hydrogens (tertiary/aromatic N) is 5. The number of rotatable bonds is 10. The highest BCUT2D eigenvalue weighted by Gasteiger charge is 2.53. The number of carbonyl (C=O) groups excluding carboxylic acids is 3. The smallest absolute Gasteiger partial charge is 0.278 e. The number of β-lactam (4-membered cyclic amide) rings is 1. The number of hydrogen-bond acceptors (Lipinski definition) is 12. The average molecular weight is 548 g/mol. The summed E-state index contributed by atoms with van der Waals surface area (Å²) in [7, 11) is 0. The quantitative estimate of drug-likeness (QED) is 0.0727. The number of fused-ring (bicyclic) bond motifs is 1. The Morgan fingerprint density at radius 2 is 2.22 bits per heavy atom. The summed E-state index contributed by atoms with van der Waals surface area (Å²) in [5, 5.41) is 17.9. The topological polar surface area (TPSA) is 167 Å². The van der Waals surface area contributed by atoms with Gasteiger partial charge in [0.25, 0.3) is 11.8 Å². The van der Waals surface area contributed by atoms with Crippen molar-refractivity contribution in [3.05, 3.63) is 54.3 Å². The minimum absolute atomic E-state index is 0.0333. The number of nitrogens with one attached hydrogen (secondary N) is 1. The molecule has 2 atom stereocenters. The monoisotopic (exact) mass is 547 g/mol. The zero-order valence-electron chi connectivity index (χ0n) is 18.9. The summed E-state index contributed by atoms with van der Waals surface area (Å²) in [4.78, 5) is 49.2. The number of hydrogen-bond donors (Lipinski definition) is 2. The van der Waals surface area contributed by atoms with Crippen molar-refractivity contribution in [2.24, 2.45) is 5.16 Å². The Hall–Kier alpha value is -3.43. The van der Waals surface area contributed by atoms with Gasteiger partial charge in [-0.2, -0.15) is 9.36 Å². The number of anilines is 1. The molecule has 0 saturated carbocycles. The third kappa shape index (κ3) is 5.22. The highest BCUT2D eigenvalue weighted by Crippen LogP contribution is 2.40. The SMILES string of the molecule is C=CCON=C(C(=O)NC1C(=O)N2C(C(=O)[O-])=C(C[n+]3ccc(SC)cc3)CS[C@H]12)c1nsc(N)n1. The van der Waals surface area contributed by atoms with Crippen LogP contribution < -0.4 is 20.7 Å². The van der Waals surface area contributed by atoms with Gasteiger partial charge in [-0.3, -0.25) is 14.5 Å². The molecule has 0 bridgehead atoms. The van der Waals surface area contributed by atoms with Crippen LogP contribution in [0.5, 0.6) is 0 Å². The number of aliphatic carboxylic acids is 1. The van der Waals surface area contributed by atoms with E-state index in [-0.39, 0.29) is 35.5 Å². The predicted molar refractivity (Wildman–Crippen MR) is 132 cm³/mol. The van der Waals surface area contributed by atoms with Crippen molar-refractivity contribution >= 4 is 63.7 Å². The van der Waals surface area contributed by atoms with Crippen LogP contribution in [0.3, 0.4) is 0 Å². The number of carboxylic acid groups (broad SMARTS) is 1. The van der Waals surface area contributed by atoms with E-state index in [0.717, 1.165) is 21.3 Å². The first kappa shape index (κ1) is 25.7. The average Bonchev–Trinajstić information content (AvgIpc) is 3.30. The second-order valence-corrected chi connectivity index (χ2v) is 10.3. The molecule has 1 saturated heterocycles. The maximum atomic E-state index is 13.0. The molecule has 2 aliphatic rings. The van der Waals surface area contributed by atoms with E-state index < -0.39 is 29.2 Å². The predicted octanol–water partition coefficient (Wildman–Crippen LogP) is -0.859. The maximum Gasteiger partial charge on any atom is 0.278 e. The molecule has 0 spiro atoms. The number of amides is 2. The Bertz CT molecular complexity index is 1260. The summed E-state index contributed by atoms with van der Waals surface area (Å²) in [6.45, 7) is 3.83. The third-order valence-electron chi connectivity index (χ3n) is 5.21. The summed E-state index contributed by atoms with van der Waals surface area (Å²) >= 11 is 3.81. The summed E-state index contributed by atoms with van der Waals surface area (Å²) in [6.07, 6.45) is 7.09. The van der Waals surface area contributed by atoms with Crippen LogP contribution in [0, 0.1) is 0 Å².